The van der Waals surface area contributed by atoms with Gasteiger partial charge in [-0.3, -0.25) is 0 Å². The highest BCUT2D eigenvalue weighted by Crippen LogP contribution is 2.52. The van der Waals surface area contributed by atoms with Gasteiger partial charge < -0.3 is 25.2 Å². The minimum absolute atomic E-state index is 0.0979. The molecule has 0 heterocycles. The number of carboxylic acid groups (broad SMARTS) is 1. The smallest absolute Gasteiger partial charge is 0.407 e. The van der Waals surface area contributed by atoms with Crippen LogP contribution in [0.3, 0.4) is 0 Å². The Bertz CT molecular complexity index is 1230. The highest BCUT2D eigenvalue weighted by atomic mass is 16.6. The van der Waals surface area contributed by atoms with Gasteiger partial charge in [-0.1, -0.05) is 48.5 Å². The van der Waals surface area contributed by atoms with Gasteiger partial charge in [-0.25, -0.2) is 14.4 Å². The number of ether oxygens (including phenoxy) is 2. The predicted molar refractivity (Wildman–Crippen MR) is 150 cm³/mol. The Morgan fingerprint density at radius 2 is 1.45 bits per heavy atom. The zero-order valence-electron chi connectivity index (χ0n) is 22.6. The number of carboxylic acids is 1. The number of hydrogen-bond acceptors (Lipinski definition) is 5. The lowest BCUT2D eigenvalue weighted by Crippen LogP contribution is -2.41. The van der Waals surface area contributed by atoms with Gasteiger partial charge in [0.05, 0.1) is 6.61 Å². The Labute approximate surface area is 234 Å². The van der Waals surface area contributed by atoms with Gasteiger partial charge in [0, 0.05) is 25.3 Å². The van der Waals surface area contributed by atoms with Gasteiger partial charge in [0.25, 0.3) is 0 Å². The van der Waals surface area contributed by atoms with Gasteiger partial charge >= 0.3 is 18.2 Å². The maximum absolute atomic E-state index is 12.5. The molecule has 4 atom stereocenters. The Hall–Kier alpha value is -3.99. The number of unbranched alkanes of at least 4 members (excludes halogenated alkanes) is 1. The number of aliphatic carboxylic acids is 1. The fraction of sp³-hybridized carbons (Fsp3) is 0.469. The molecule has 0 aromatic heterocycles. The van der Waals surface area contributed by atoms with Crippen molar-refractivity contribution >= 4 is 18.2 Å². The van der Waals surface area contributed by atoms with E-state index in [-0.39, 0.29) is 18.9 Å². The molecule has 210 valence electrons. The normalized spacial score (nSPS) is 21.1. The van der Waals surface area contributed by atoms with E-state index in [9.17, 15) is 19.5 Å². The molecule has 3 aliphatic rings. The Kier molecular flexibility index (Phi) is 8.90. The highest BCUT2D eigenvalue weighted by molar-refractivity contribution is 5.81. The minimum Gasteiger partial charge on any atom is -0.480 e. The molecule has 3 N–H and O–H groups in total. The lowest BCUT2D eigenvalue weighted by Gasteiger charge is -2.17. The molecule has 0 saturated heterocycles. The van der Waals surface area contributed by atoms with Crippen LogP contribution in [0, 0.1) is 29.6 Å². The topological polar surface area (TPSA) is 114 Å². The molecule has 2 aromatic carbocycles. The zero-order valence-corrected chi connectivity index (χ0v) is 22.6. The van der Waals surface area contributed by atoms with Crippen molar-refractivity contribution in [1.82, 2.24) is 10.6 Å². The maximum atomic E-state index is 12.5. The summed E-state index contributed by atoms with van der Waals surface area (Å²) in [4.78, 5) is 36.3. The highest BCUT2D eigenvalue weighted by Gasteiger charge is 2.49. The zero-order chi connectivity index (χ0) is 27.9. The molecule has 0 bridgehead atoms. The lowest BCUT2D eigenvalue weighted by molar-refractivity contribution is -0.139. The summed E-state index contributed by atoms with van der Waals surface area (Å²) >= 11 is 0. The summed E-state index contributed by atoms with van der Waals surface area (Å²) in [6.07, 6.45) is 4.13. The van der Waals surface area contributed by atoms with Crippen LogP contribution in [0.15, 0.2) is 48.5 Å². The van der Waals surface area contributed by atoms with Crippen LogP contribution >= 0.6 is 0 Å². The van der Waals surface area contributed by atoms with Gasteiger partial charge in [0.15, 0.2) is 0 Å². The van der Waals surface area contributed by atoms with E-state index in [4.69, 9.17) is 9.47 Å². The van der Waals surface area contributed by atoms with Crippen molar-refractivity contribution in [2.45, 2.75) is 56.9 Å². The first kappa shape index (κ1) is 27.6. The molecule has 40 heavy (non-hydrogen) atoms. The van der Waals surface area contributed by atoms with Crippen molar-refractivity contribution in [3.63, 3.8) is 0 Å². The molecule has 0 radical (unpaired) electrons. The summed E-state index contributed by atoms with van der Waals surface area (Å²) in [6, 6.07) is 15.0. The average Bonchev–Trinajstić information content (AvgIpc) is 3.48. The number of carbonyl (C=O) groups is 3. The van der Waals surface area contributed by atoms with Crippen molar-refractivity contribution in [2.24, 2.45) is 17.8 Å². The van der Waals surface area contributed by atoms with Crippen LogP contribution < -0.4 is 10.6 Å². The molecule has 1 unspecified atom stereocenters. The maximum Gasteiger partial charge on any atom is 0.407 e. The molecule has 3 aliphatic carbocycles. The first-order chi connectivity index (χ1) is 19.5. The van der Waals surface area contributed by atoms with Crippen LogP contribution in [0.2, 0.25) is 0 Å². The molecule has 8 nitrogen and oxygen atoms in total. The molecule has 0 spiro atoms. The van der Waals surface area contributed by atoms with E-state index in [1.807, 2.05) is 36.4 Å². The van der Waals surface area contributed by atoms with Gasteiger partial charge in [-0.05, 0) is 72.1 Å². The van der Waals surface area contributed by atoms with Crippen LogP contribution in [0.25, 0.3) is 11.1 Å². The summed E-state index contributed by atoms with van der Waals surface area (Å²) in [5, 5.41) is 14.8. The number of alkyl carbamates (subject to hydrolysis) is 2. The number of nitrogens with one attached hydrogen (secondary N) is 2. The Morgan fingerprint density at radius 1 is 0.850 bits per heavy atom. The number of rotatable bonds is 11. The first-order valence-corrected chi connectivity index (χ1v) is 14.2. The van der Waals surface area contributed by atoms with Crippen LogP contribution in [0.4, 0.5) is 9.59 Å². The summed E-state index contributed by atoms with van der Waals surface area (Å²) in [5.41, 5.74) is 4.43. The van der Waals surface area contributed by atoms with Crippen molar-refractivity contribution in [3.8, 4) is 23.0 Å². The number of fused-ring (bicyclic) bond motifs is 4. The molecule has 1 saturated carbocycles. The molecule has 0 aliphatic heterocycles. The molecule has 1 fully saturated rings. The summed E-state index contributed by atoms with van der Waals surface area (Å²) < 4.78 is 10.9. The van der Waals surface area contributed by atoms with Crippen LogP contribution in [0.5, 0.6) is 0 Å². The lowest BCUT2D eigenvalue weighted by atomic mass is 9.98. The van der Waals surface area contributed by atoms with E-state index in [1.54, 1.807) is 0 Å². The van der Waals surface area contributed by atoms with Gasteiger partial charge in [0.1, 0.15) is 12.6 Å². The third-order valence-corrected chi connectivity index (χ3v) is 8.37. The fourth-order valence-corrected chi connectivity index (χ4v) is 6.21. The first-order valence-electron chi connectivity index (χ1n) is 14.2. The second-order valence-electron chi connectivity index (χ2n) is 10.8. The van der Waals surface area contributed by atoms with Crippen molar-refractivity contribution in [1.29, 1.82) is 0 Å². The van der Waals surface area contributed by atoms with Gasteiger partial charge in [0.2, 0.25) is 0 Å². The van der Waals surface area contributed by atoms with E-state index in [0.717, 1.165) is 47.9 Å². The monoisotopic (exact) mass is 544 g/mol. The SMILES string of the molecule is O=C(NCCCC[C@H](NC(=O)OCC1c2ccccc2-c2ccccc21)C(=O)O)OCC1[C@H]2CCC#CCC[C@@H]12. The van der Waals surface area contributed by atoms with E-state index in [2.05, 4.69) is 34.6 Å². The van der Waals surface area contributed by atoms with Crippen LogP contribution in [0.1, 0.15) is 62.0 Å². The molecule has 8 heteroatoms. The molecule has 2 amide bonds. The molecular weight excluding hydrogens is 508 g/mol. The van der Waals surface area contributed by atoms with E-state index < -0.39 is 24.2 Å². The Balaban J connectivity index is 0.989. The standard InChI is InChI=1S/C32H36N2O6/c35-30(36)29(17-9-10-18-33-31(37)39-19-27-25-11-3-1-2-4-12-26(25)27)34-32(38)40-20-28-23-15-7-5-13-21(23)22-14-6-8-16-24(22)28/h5-8,13-16,25-29H,3-4,9-12,17-20H2,(H,33,37)(H,34,38)(H,35,36)/t25-,26+,27?,29-/m0/s1. The number of benzene rings is 2. The predicted octanol–water partition coefficient (Wildman–Crippen LogP) is 5.31. The van der Waals surface area contributed by atoms with E-state index in [0.29, 0.717) is 43.7 Å². The minimum atomic E-state index is -1.12. The number of carbonyl (C=O) groups excluding carboxylic acids is 2. The Morgan fingerprint density at radius 3 is 2.08 bits per heavy atom. The molecular formula is C32H36N2O6. The second-order valence-corrected chi connectivity index (χ2v) is 10.8. The van der Waals surface area contributed by atoms with Gasteiger partial charge in [-0.15, -0.1) is 11.8 Å². The van der Waals surface area contributed by atoms with Crippen molar-refractivity contribution in [3.05, 3.63) is 59.7 Å². The van der Waals surface area contributed by atoms with Crippen molar-refractivity contribution in [2.75, 3.05) is 19.8 Å². The number of amides is 2. The van der Waals surface area contributed by atoms with Crippen LogP contribution in [-0.2, 0) is 14.3 Å². The quantitative estimate of drug-likeness (QED) is 0.261. The number of hydrogen-bond donors (Lipinski definition) is 3. The average molecular weight is 545 g/mol. The fourth-order valence-electron chi connectivity index (χ4n) is 6.21. The largest absolute Gasteiger partial charge is 0.480 e. The summed E-state index contributed by atoms with van der Waals surface area (Å²) in [5.74, 6) is 6.83. The van der Waals surface area contributed by atoms with Crippen LogP contribution in [-0.4, -0.2) is 49.1 Å². The third kappa shape index (κ3) is 6.59. The third-order valence-electron chi connectivity index (χ3n) is 8.37. The molecule has 2 aromatic rings. The summed E-state index contributed by atoms with van der Waals surface area (Å²) in [7, 11) is 0. The second kappa shape index (κ2) is 12.9. The molecule has 5 rings (SSSR count). The van der Waals surface area contributed by atoms with Gasteiger partial charge in [-0.2, -0.15) is 0 Å². The van der Waals surface area contributed by atoms with Crippen molar-refractivity contribution < 1.29 is 29.0 Å². The van der Waals surface area contributed by atoms with E-state index in [1.165, 1.54) is 0 Å². The van der Waals surface area contributed by atoms with E-state index >= 15 is 0 Å². The summed E-state index contributed by atoms with van der Waals surface area (Å²) in [6.45, 7) is 0.933.